The summed E-state index contributed by atoms with van der Waals surface area (Å²) in [6, 6.07) is 6.85. The van der Waals surface area contributed by atoms with Gasteiger partial charge >= 0.3 is 0 Å². The molecule has 1 aliphatic carbocycles. The van der Waals surface area contributed by atoms with Gasteiger partial charge in [-0.1, -0.05) is 12.1 Å². The van der Waals surface area contributed by atoms with Crippen LogP contribution in [0.2, 0.25) is 0 Å². The number of benzene rings is 1. The molecule has 3 aromatic rings. The minimum Gasteiger partial charge on any atom is -0.483 e. The van der Waals surface area contributed by atoms with E-state index in [0.29, 0.717) is 11.7 Å². The Labute approximate surface area is 137 Å². The monoisotopic (exact) mass is 327 g/mol. The van der Waals surface area contributed by atoms with Gasteiger partial charge in [-0.3, -0.25) is 9.59 Å². The molecule has 0 amide bonds. The van der Waals surface area contributed by atoms with Crippen LogP contribution >= 0.6 is 0 Å². The summed E-state index contributed by atoms with van der Waals surface area (Å²) in [6.07, 6.45) is 5.29. The minimum absolute atomic E-state index is 0.229. The zero-order valence-electron chi connectivity index (χ0n) is 13.1. The van der Waals surface area contributed by atoms with Gasteiger partial charge in [0.15, 0.2) is 0 Å². The van der Waals surface area contributed by atoms with Crippen molar-refractivity contribution in [2.75, 3.05) is 7.05 Å². The molecular weight excluding hydrogens is 310 g/mol. The van der Waals surface area contributed by atoms with Gasteiger partial charge in [-0.15, -0.1) is 0 Å². The maximum absolute atomic E-state index is 11.7. The second-order valence-corrected chi connectivity index (χ2v) is 5.40. The molecule has 3 N–H and O–H groups in total. The molecule has 1 aliphatic rings. The highest BCUT2D eigenvalue weighted by atomic mass is 16.3. The Morgan fingerprint density at radius 3 is 3.00 bits per heavy atom. The van der Waals surface area contributed by atoms with Gasteiger partial charge in [0.2, 0.25) is 5.65 Å². The van der Waals surface area contributed by atoms with E-state index in [-0.39, 0.29) is 12.0 Å². The van der Waals surface area contributed by atoms with Gasteiger partial charge in [0.25, 0.3) is 12.0 Å². The highest BCUT2D eigenvalue weighted by Gasteiger charge is 2.21. The fourth-order valence-corrected chi connectivity index (χ4v) is 3.10. The quantitative estimate of drug-likeness (QED) is 0.605. The van der Waals surface area contributed by atoms with Gasteiger partial charge in [-0.25, -0.2) is 9.50 Å². The molecule has 1 atom stereocenters. The summed E-state index contributed by atoms with van der Waals surface area (Å²) in [6.45, 7) is -0.250. The van der Waals surface area contributed by atoms with E-state index in [0.717, 1.165) is 24.1 Å². The molecule has 0 radical (unpaired) electrons. The fraction of sp³-hybridized carbons (Fsp3) is 0.250. The molecule has 2 aromatic heterocycles. The van der Waals surface area contributed by atoms with Gasteiger partial charge in [-0.05, 0) is 37.1 Å². The lowest BCUT2D eigenvalue weighted by molar-refractivity contribution is -0.122. The molecule has 24 heavy (non-hydrogen) atoms. The third-order valence-electron chi connectivity index (χ3n) is 4.17. The summed E-state index contributed by atoms with van der Waals surface area (Å²) in [5.41, 5.74) is 4.68. The molecule has 0 bridgehead atoms. The number of aromatic nitrogens is 4. The second-order valence-electron chi connectivity index (χ2n) is 5.40. The summed E-state index contributed by atoms with van der Waals surface area (Å²) in [5.74, 6) is 0. The Balaban J connectivity index is 0.000000526. The zero-order valence-corrected chi connectivity index (χ0v) is 13.1. The summed E-state index contributed by atoms with van der Waals surface area (Å²) in [5, 5.41) is 14.4. The second kappa shape index (κ2) is 6.63. The van der Waals surface area contributed by atoms with E-state index in [9.17, 15) is 4.79 Å². The third kappa shape index (κ3) is 2.67. The number of hydrogen-bond acceptors (Lipinski definition) is 5. The number of aryl methyl sites for hydroxylation is 1. The average molecular weight is 327 g/mol. The van der Waals surface area contributed by atoms with Crippen molar-refractivity contribution >= 4 is 12.1 Å². The lowest BCUT2D eigenvalue weighted by atomic mass is 10.0. The number of imidazole rings is 1. The number of carboxylic acid groups (broad SMARTS) is 1. The Hall–Kier alpha value is -3.00. The van der Waals surface area contributed by atoms with E-state index in [2.05, 4.69) is 38.6 Å². The molecule has 0 aliphatic heterocycles. The van der Waals surface area contributed by atoms with Crippen molar-refractivity contribution in [2.24, 2.45) is 0 Å². The molecule has 124 valence electrons. The van der Waals surface area contributed by atoms with Crippen molar-refractivity contribution in [3.8, 4) is 11.3 Å². The van der Waals surface area contributed by atoms with Gasteiger partial charge in [0, 0.05) is 11.6 Å². The first-order valence-electron chi connectivity index (χ1n) is 7.49. The van der Waals surface area contributed by atoms with Crippen LogP contribution in [0, 0.1) is 0 Å². The normalized spacial score (nSPS) is 15.6. The number of nitrogens with one attached hydrogen (secondary N) is 2. The molecule has 0 fully saturated rings. The van der Waals surface area contributed by atoms with Crippen LogP contribution in [0.4, 0.5) is 0 Å². The Morgan fingerprint density at radius 1 is 1.46 bits per heavy atom. The Bertz CT molecular complexity index is 931. The van der Waals surface area contributed by atoms with Crippen LogP contribution < -0.4 is 10.9 Å². The number of fused-ring (bicyclic) bond motifs is 2. The van der Waals surface area contributed by atoms with Gasteiger partial charge in [-0.2, -0.15) is 5.10 Å². The predicted octanol–water partition coefficient (Wildman–Crippen LogP) is 0.992. The largest absolute Gasteiger partial charge is 0.483 e. The standard InChI is InChI=1S/C15H15N5O.CH2O2/c1-16-12-5-3-9-6-10(2-4-11(9)12)13-7-17-14-15(21)18-8-19-20(13)14;2-1-3/h2,4,6-8,12,16H,3,5H2,1H3,(H,18,19,21);1H,(H,2,3). The van der Waals surface area contributed by atoms with Gasteiger partial charge < -0.3 is 15.4 Å². The number of H-pyrrole nitrogens is 1. The van der Waals surface area contributed by atoms with Crippen LogP contribution in [0.15, 0.2) is 35.5 Å². The van der Waals surface area contributed by atoms with E-state index in [4.69, 9.17) is 9.90 Å². The highest BCUT2D eigenvalue weighted by molar-refractivity contribution is 5.64. The number of nitrogens with zero attached hydrogens (tertiary/aromatic N) is 3. The van der Waals surface area contributed by atoms with Crippen LogP contribution in [-0.2, 0) is 11.2 Å². The Morgan fingerprint density at radius 2 is 2.25 bits per heavy atom. The van der Waals surface area contributed by atoms with E-state index >= 15 is 0 Å². The van der Waals surface area contributed by atoms with Crippen LogP contribution in [-0.4, -0.2) is 38.2 Å². The fourth-order valence-electron chi connectivity index (χ4n) is 3.10. The molecule has 2 heterocycles. The van der Waals surface area contributed by atoms with Crippen molar-refractivity contribution in [1.82, 2.24) is 24.9 Å². The molecular formula is C16H17N5O3. The van der Waals surface area contributed by atoms with Crippen molar-refractivity contribution in [1.29, 1.82) is 0 Å². The van der Waals surface area contributed by atoms with Crippen LogP contribution in [0.5, 0.6) is 0 Å². The predicted molar refractivity (Wildman–Crippen MR) is 87.9 cm³/mol. The first-order chi connectivity index (χ1) is 11.7. The number of aromatic amines is 1. The first-order valence-corrected chi connectivity index (χ1v) is 7.49. The zero-order chi connectivity index (χ0) is 17.1. The molecule has 8 nitrogen and oxygen atoms in total. The summed E-state index contributed by atoms with van der Waals surface area (Å²) in [7, 11) is 1.99. The van der Waals surface area contributed by atoms with Crippen molar-refractivity contribution < 1.29 is 9.90 Å². The van der Waals surface area contributed by atoms with Crippen LogP contribution in [0.3, 0.4) is 0 Å². The lowest BCUT2D eigenvalue weighted by Crippen LogP contribution is -2.12. The summed E-state index contributed by atoms with van der Waals surface area (Å²) in [4.78, 5) is 26.8. The van der Waals surface area contributed by atoms with Crippen LogP contribution in [0.1, 0.15) is 23.6 Å². The summed E-state index contributed by atoms with van der Waals surface area (Å²) < 4.78 is 1.59. The van der Waals surface area contributed by atoms with E-state index < -0.39 is 0 Å². The summed E-state index contributed by atoms with van der Waals surface area (Å²) >= 11 is 0. The van der Waals surface area contributed by atoms with Crippen molar-refractivity contribution in [3.05, 3.63) is 52.2 Å². The molecule has 1 unspecified atom stereocenters. The number of carbonyl (C=O) groups is 1. The SMILES string of the molecule is CNC1CCc2cc(-c3cnc4c(=O)[nH]cnn34)ccc21.O=CO. The minimum atomic E-state index is -0.250. The van der Waals surface area contributed by atoms with E-state index in [1.165, 1.54) is 17.5 Å². The molecule has 0 saturated heterocycles. The number of hydrogen-bond donors (Lipinski definition) is 3. The maximum Gasteiger partial charge on any atom is 0.294 e. The maximum atomic E-state index is 11.7. The van der Waals surface area contributed by atoms with Crippen molar-refractivity contribution in [2.45, 2.75) is 18.9 Å². The first kappa shape index (κ1) is 15.9. The van der Waals surface area contributed by atoms with Gasteiger partial charge in [0.1, 0.15) is 6.33 Å². The van der Waals surface area contributed by atoms with Crippen LogP contribution in [0.25, 0.3) is 16.9 Å². The molecule has 0 saturated carbocycles. The van der Waals surface area contributed by atoms with E-state index in [1.54, 1.807) is 10.7 Å². The smallest absolute Gasteiger partial charge is 0.294 e. The third-order valence-corrected chi connectivity index (χ3v) is 4.17. The van der Waals surface area contributed by atoms with Crippen molar-refractivity contribution in [3.63, 3.8) is 0 Å². The highest BCUT2D eigenvalue weighted by Crippen LogP contribution is 2.33. The lowest BCUT2D eigenvalue weighted by Gasteiger charge is -2.10. The molecule has 1 aromatic carbocycles. The van der Waals surface area contributed by atoms with Gasteiger partial charge in [0.05, 0.1) is 11.9 Å². The topological polar surface area (TPSA) is 112 Å². The Kier molecular flexibility index (Phi) is 4.39. The van der Waals surface area contributed by atoms with E-state index in [1.807, 2.05) is 7.05 Å². The number of rotatable bonds is 2. The average Bonchev–Trinajstić information content (AvgIpc) is 3.19. The molecule has 8 heteroatoms. The molecule has 4 rings (SSSR count). The molecule has 0 spiro atoms.